The maximum atomic E-state index is 12.8. The summed E-state index contributed by atoms with van der Waals surface area (Å²) >= 11 is 3.40. The van der Waals surface area contributed by atoms with Crippen LogP contribution in [0, 0.1) is 0 Å². The molecule has 4 nitrogen and oxygen atoms in total. The second-order valence-corrected chi connectivity index (χ2v) is 5.07. The summed E-state index contributed by atoms with van der Waals surface area (Å²) in [5.74, 6) is 1.39. The molecule has 2 aromatic rings. The molecule has 0 bridgehead atoms. The number of carbonyl (C=O) groups is 1. The van der Waals surface area contributed by atoms with Gasteiger partial charge in [-0.2, -0.15) is 0 Å². The number of hydrogen-bond acceptors (Lipinski definition) is 4. The summed E-state index contributed by atoms with van der Waals surface area (Å²) in [4.78, 5) is 12.8. The molecule has 2 aromatic carbocycles. The molecule has 5 heteroatoms. The van der Waals surface area contributed by atoms with Crippen molar-refractivity contribution in [3.05, 3.63) is 52.0 Å². The van der Waals surface area contributed by atoms with E-state index in [1.165, 1.54) is 14.2 Å². The zero-order valence-corrected chi connectivity index (χ0v) is 13.6. The van der Waals surface area contributed by atoms with Crippen LogP contribution in [0.2, 0.25) is 0 Å². The summed E-state index contributed by atoms with van der Waals surface area (Å²) in [6.07, 6.45) is 0. The summed E-state index contributed by atoms with van der Waals surface area (Å²) in [5.41, 5.74) is 0.909. The second-order valence-electron chi connectivity index (χ2n) is 4.22. The third kappa shape index (κ3) is 3.03. The number of hydrogen-bond donors (Lipinski definition) is 0. The lowest BCUT2D eigenvalue weighted by atomic mass is 10.0. The number of ether oxygens (including phenoxy) is 3. The lowest BCUT2D eigenvalue weighted by Gasteiger charge is -2.13. The number of rotatable bonds is 5. The molecule has 0 unspecified atom stereocenters. The van der Waals surface area contributed by atoms with Gasteiger partial charge in [0.15, 0.2) is 0 Å². The van der Waals surface area contributed by atoms with Crippen LogP contribution in [0.4, 0.5) is 0 Å². The van der Waals surface area contributed by atoms with E-state index in [4.69, 9.17) is 14.2 Å². The molecule has 0 atom stereocenters. The van der Waals surface area contributed by atoms with E-state index in [1.807, 2.05) is 6.07 Å². The Labute approximate surface area is 131 Å². The molecule has 0 aliphatic rings. The smallest absolute Gasteiger partial charge is 0.201 e. The molecule has 0 N–H and O–H groups in total. The predicted molar refractivity (Wildman–Crippen MR) is 83.7 cm³/mol. The van der Waals surface area contributed by atoms with Crippen molar-refractivity contribution in [1.29, 1.82) is 0 Å². The molecule has 0 amide bonds. The molecule has 0 aromatic heterocycles. The van der Waals surface area contributed by atoms with Gasteiger partial charge in [0.2, 0.25) is 5.78 Å². The minimum atomic E-state index is -0.182. The number of ketones is 1. The SMILES string of the molecule is COc1cc(Br)c(C(=O)c2ccccc2OC)c(OC)c1. The van der Waals surface area contributed by atoms with Crippen LogP contribution in [-0.2, 0) is 0 Å². The van der Waals surface area contributed by atoms with E-state index >= 15 is 0 Å². The van der Waals surface area contributed by atoms with Gasteiger partial charge in [-0.15, -0.1) is 0 Å². The van der Waals surface area contributed by atoms with Crippen molar-refractivity contribution < 1.29 is 19.0 Å². The molecule has 2 rings (SSSR count). The summed E-state index contributed by atoms with van der Waals surface area (Å²) in [7, 11) is 4.61. The zero-order chi connectivity index (χ0) is 15.4. The monoisotopic (exact) mass is 350 g/mol. The van der Waals surface area contributed by atoms with Crippen LogP contribution in [0.25, 0.3) is 0 Å². The number of halogens is 1. The topological polar surface area (TPSA) is 44.8 Å². The van der Waals surface area contributed by atoms with Crippen LogP contribution in [-0.4, -0.2) is 27.1 Å². The average molecular weight is 351 g/mol. The molecular formula is C16H15BrO4. The minimum Gasteiger partial charge on any atom is -0.497 e. The fraction of sp³-hybridized carbons (Fsp3) is 0.188. The maximum absolute atomic E-state index is 12.8. The molecule has 0 saturated carbocycles. The number of carbonyl (C=O) groups excluding carboxylic acids is 1. The normalized spacial score (nSPS) is 10.1. The summed E-state index contributed by atoms with van der Waals surface area (Å²) < 4.78 is 16.3. The molecule has 0 aliphatic heterocycles. The fourth-order valence-corrected chi connectivity index (χ4v) is 2.62. The first-order valence-electron chi connectivity index (χ1n) is 6.21. The number of benzene rings is 2. The van der Waals surface area contributed by atoms with Gasteiger partial charge in [-0.25, -0.2) is 0 Å². The predicted octanol–water partition coefficient (Wildman–Crippen LogP) is 3.71. The van der Waals surface area contributed by atoms with Crippen molar-refractivity contribution in [2.75, 3.05) is 21.3 Å². The number of para-hydroxylation sites is 1. The van der Waals surface area contributed by atoms with Gasteiger partial charge in [0.25, 0.3) is 0 Å². The van der Waals surface area contributed by atoms with Gasteiger partial charge < -0.3 is 14.2 Å². The molecule has 0 aliphatic carbocycles. The molecule has 0 saturated heterocycles. The van der Waals surface area contributed by atoms with E-state index in [9.17, 15) is 4.79 Å². The van der Waals surface area contributed by atoms with Crippen molar-refractivity contribution in [2.24, 2.45) is 0 Å². The summed E-state index contributed by atoms with van der Waals surface area (Å²) in [6.45, 7) is 0. The Kier molecular flexibility index (Phi) is 4.85. The molecule has 0 fully saturated rings. The highest BCUT2D eigenvalue weighted by atomic mass is 79.9. The van der Waals surface area contributed by atoms with Crippen molar-refractivity contribution in [3.63, 3.8) is 0 Å². The molecule has 0 radical (unpaired) electrons. The first-order chi connectivity index (χ1) is 10.1. The van der Waals surface area contributed by atoms with Crippen molar-refractivity contribution >= 4 is 21.7 Å². The fourth-order valence-electron chi connectivity index (χ4n) is 2.02. The lowest BCUT2D eigenvalue weighted by Crippen LogP contribution is -2.07. The summed E-state index contributed by atoms with van der Waals surface area (Å²) in [5, 5.41) is 0. The Morgan fingerprint density at radius 1 is 0.952 bits per heavy atom. The van der Waals surface area contributed by atoms with Crippen LogP contribution in [0.5, 0.6) is 17.2 Å². The standard InChI is InChI=1S/C16H15BrO4/c1-19-10-8-12(17)15(14(9-10)21-3)16(18)11-6-4-5-7-13(11)20-2/h4-9H,1-3H3. The van der Waals surface area contributed by atoms with E-state index in [0.717, 1.165) is 0 Å². The Morgan fingerprint density at radius 2 is 1.62 bits per heavy atom. The van der Waals surface area contributed by atoms with Crippen LogP contribution < -0.4 is 14.2 Å². The Bertz CT molecular complexity index is 667. The first kappa shape index (κ1) is 15.4. The first-order valence-corrected chi connectivity index (χ1v) is 7.01. The Hall–Kier alpha value is -2.01. The third-order valence-corrected chi connectivity index (χ3v) is 3.69. The lowest BCUT2D eigenvalue weighted by molar-refractivity contribution is 0.103. The highest BCUT2D eigenvalue weighted by Crippen LogP contribution is 2.35. The zero-order valence-electron chi connectivity index (χ0n) is 12.0. The second kappa shape index (κ2) is 6.63. The van der Waals surface area contributed by atoms with Crippen molar-refractivity contribution in [2.45, 2.75) is 0 Å². The van der Waals surface area contributed by atoms with Gasteiger partial charge in [0, 0.05) is 10.5 Å². The molecular weight excluding hydrogens is 336 g/mol. The largest absolute Gasteiger partial charge is 0.497 e. The molecule has 0 heterocycles. The van der Waals surface area contributed by atoms with Crippen LogP contribution in [0.1, 0.15) is 15.9 Å². The van der Waals surface area contributed by atoms with E-state index < -0.39 is 0 Å². The highest BCUT2D eigenvalue weighted by Gasteiger charge is 2.22. The van der Waals surface area contributed by atoms with Gasteiger partial charge in [-0.3, -0.25) is 4.79 Å². The molecule has 110 valence electrons. The van der Waals surface area contributed by atoms with Gasteiger partial charge in [0.1, 0.15) is 17.2 Å². The Morgan fingerprint density at radius 3 is 2.24 bits per heavy atom. The maximum Gasteiger partial charge on any atom is 0.201 e. The quantitative estimate of drug-likeness (QED) is 0.771. The van der Waals surface area contributed by atoms with Gasteiger partial charge in [0.05, 0.1) is 32.5 Å². The average Bonchev–Trinajstić information content (AvgIpc) is 2.53. The minimum absolute atomic E-state index is 0.182. The Balaban J connectivity index is 2.58. The van der Waals surface area contributed by atoms with Crippen LogP contribution in [0.15, 0.2) is 40.9 Å². The van der Waals surface area contributed by atoms with Gasteiger partial charge in [-0.1, -0.05) is 12.1 Å². The molecule has 21 heavy (non-hydrogen) atoms. The van der Waals surface area contributed by atoms with Crippen molar-refractivity contribution in [1.82, 2.24) is 0 Å². The third-order valence-electron chi connectivity index (χ3n) is 3.06. The van der Waals surface area contributed by atoms with Gasteiger partial charge >= 0.3 is 0 Å². The van der Waals surface area contributed by atoms with Gasteiger partial charge in [-0.05, 0) is 34.1 Å². The highest BCUT2D eigenvalue weighted by molar-refractivity contribution is 9.10. The van der Waals surface area contributed by atoms with Crippen molar-refractivity contribution in [3.8, 4) is 17.2 Å². The van der Waals surface area contributed by atoms with Crippen LogP contribution >= 0.6 is 15.9 Å². The van der Waals surface area contributed by atoms with Crippen LogP contribution in [0.3, 0.4) is 0 Å². The molecule has 0 spiro atoms. The van der Waals surface area contributed by atoms with E-state index in [-0.39, 0.29) is 5.78 Å². The van der Waals surface area contributed by atoms with E-state index in [2.05, 4.69) is 15.9 Å². The van der Waals surface area contributed by atoms with E-state index in [0.29, 0.717) is 32.8 Å². The summed E-state index contributed by atoms with van der Waals surface area (Å²) in [6, 6.07) is 10.5. The number of methoxy groups -OCH3 is 3. The van der Waals surface area contributed by atoms with E-state index in [1.54, 1.807) is 37.4 Å².